The van der Waals surface area contributed by atoms with Crippen molar-refractivity contribution >= 4 is 75.8 Å². The van der Waals surface area contributed by atoms with Crippen molar-refractivity contribution < 1.29 is 68.2 Å². The van der Waals surface area contributed by atoms with Gasteiger partial charge in [0.2, 0.25) is 29.5 Å². The number of nitrogens with one attached hydrogen (secondary N) is 8. The third kappa shape index (κ3) is 19.1. The number of carboxylic acids is 2. The number of fused-ring (bicyclic) bond motifs is 1. The number of carbonyl (C=O) groups excluding carboxylic acids is 8. The van der Waals surface area contributed by atoms with E-state index in [2.05, 4.69) is 42.2 Å². The summed E-state index contributed by atoms with van der Waals surface area (Å²) in [5.74, 6) is -12.8. The van der Waals surface area contributed by atoms with E-state index in [9.17, 15) is 59.0 Å². The second kappa shape index (κ2) is 31.0. The highest BCUT2D eigenvalue weighted by Gasteiger charge is 2.44. The first-order valence-electron chi connectivity index (χ1n) is 25.6. The van der Waals surface area contributed by atoms with Crippen LogP contribution in [0.5, 0.6) is 5.75 Å². The van der Waals surface area contributed by atoms with Crippen LogP contribution in [0, 0.1) is 10.1 Å². The highest BCUT2D eigenvalue weighted by atomic mass is 16.6. The number of carbonyl (C=O) groups is 10. The first-order chi connectivity index (χ1) is 37.6. The maximum atomic E-state index is 15.6. The molecular formula is C53H69N11O15. The largest absolute Gasteiger partial charge is 0.508 e. The van der Waals surface area contributed by atoms with Crippen molar-refractivity contribution in [2.24, 2.45) is 5.73 Å². The lowest BCUT2D eigenvalue weighted by molar-refractivity contribution is -0.384. The number of carboxylic acid groups (broad SMARTS) is 2. The fourth-order valence-corrected chi connectivity index (χ4v) is 8.42. The zero-order valence-electron chi connectivity index (χ0n) is 44.2. The van der Waals surface area contributed by atoms with Crippen LogP contribution in [0.25, 0.3) is 10.9 Å². The zero-order chi connectivity index (χ0) is 58.3. The molecule has 26 nitrogen and oxygen atoms in total. The molecule has 0 radical (unpaired) electrons. The van der Waals surface area contributed by atoms with E-state index < -0.39 is 151 Å². The van der Waals surface area contributed by atoms with E-state index in [1.165, 1.54) is 49.6 Å². The summed E-state index contributed by atoms with van der Waals surface area (Å²) < 4.78 is 0. The number of likely N-dealkylation sites (N-methyl/N-ethyl adjacent to an activating group) is 2. The van der Waals surface area contributed by atoms with E-state index in [-0.39, 0.29) is 22.6 Å². The van der Waals surface area contributed by atoms with E-state index in [4.69, 9.17) is 5.73 Å². The topological polar surface area (TPSA) is 404 Å². The Morgan fingerprint density at radius 2 is 1.11 bits per heavy atom. The molecule has 13 N–H and O–H groups in total. The molecule has 0 aliphatic heterocycles. The van der Waals surface area contributed by atoms with Crippen molar-refractivity contribution in [3.05, 3.63) is 106 Å². The maximum absolute atomic E-state index is 15.6. The second-order valence-electron chi connectivity index (χ2n) is 18.7. The smallest absolute Gasteiger partial charge is 0.305 e. The van der Waals surface area contributed by atoms with E-state index in [0.717, 1.165) is 18.6 Å². The van der Waals surface area contributed by atoms with Gasteiger partial charge in [-0.1, -0.05) is 82.0 Å². The van der Waals surface area contributed by atoms with Crippen molar-refractivity contribution in [1.29, 1.82) is 0 Å². The number of phenols is 1. The molecule has 0 unspecified atom stereocenters. The van der Waals surface area contributed by atoms with Gasteiger partial charge in [0.25, 0.3) is 23.4 Å². The molecule has 0 saturated carbocycles. The number of imide groups is 3. The van der Waals surface area contributed by atoms with Crippen molar-refractivity contribution in [2.75, 3.05) is 20.6 Å². The molecule has 426 valence electrons. The van der Waals surface area contributed by atoms with Gasteiger partial charge < -0.3 is 63.3 Å². The highest BCUT2D eigenvalue weighted by Crippen LogP contribution is 2.22. The van der Waals surface area contributed by atoms with Crippen LogP contribution >= 0.6 is 0 Å². The summed E-state index contributed by atoms with van der Waals surface area (Å²) in [6.07, 6.45) is 1.07. The molecule has 0 bridgehead atoms. The van der Waals surface area contributed by atoms with E-state index in [0.29, 0.717) is 47.7 Å². The number of rotatable bonds is 32. The molecule has 0 aliphatic carbocycles. The summed E-state index contributed by atoms with van der Waals surface area (Å²) in [6, 6.07) is 5.28. The zero-order valence-corrected chi connectivity index (χ0v) is 44.2. The molecule has 4 rings (SSSR count). The predicted octanol–water partition coefficient (Wildman–Crippen LogP) is 0.580. The molecule has 79 heavy (non-hydrogen) atoms. The summed E-state index contributed by atoms with van der Waals surface area (Å²) in [5.41, 5.74) is 6.78. The number of nitrogens with two attached hydrogens (primary N) is 1. The summed E-state index contributed by atoms with van der Waals surface area (Å²) in [5, 5.41) is 59.6. The minimum atomic E-state index is -2.19. The first kappa shape index (κ1) is 62.9. The van der Waals surface area contributed by atoms with Gasteiger partial charge in [-0.15, -0.1) is 0 Å². The number of aromatic nitrogens is 1. The predicted molar refractivity (Wildman–Crippen MR) is 285 cm³/mol. The van der Waals surface area contributed by atoms with Gasteiger partial charge in [0.1, 0.15) is 29.9 Å². The van der Waals surface area contributed by atoms with Crippen molar-refractivity contribution in [3.63, 3.8) is 0 Å². The molecule has 1 aromatic heterocycles. The van der Waals surface area contributed by atoms with E-state index >= 15 is 14.4 Å². The first-order valence-corrected chi connectivity index (χ1v) is 25.6. The number of non-ortho nitro benzene ring substituents is 1. The Labute approximate surface area is 454 Å². The van der Waals surface area contributed by atoms with Gasteiger partial charge in [0.15, 0.2) is 0 Å². The molecule has 7 atom stereocenters. The van der Waals surface area contributed by atoms with Crippen molar-refractivity contribution in [3.8, 4) is 5.75 Å². The Hall–Kier alpha value is -8.62. The maximum Gasteiger partial charge on any atom is 0.305 e. The van der Waals surface area contributed by atoms with Crippen molar-refractivity contribution in [1.82, 2.24) is 47.1 Å². The number of H-pyrrole nitrogens is 1. The van der Waals surface area contributed by atoms with Crippen LogP contribution in [0.3, 0.4) is 0 Å². The number of phenolic OH excluding ortho intramolecular Hbond substituents is 1. The van der Waals surface area contributed by atoms with Crippen LogP contribution in [-0.4, -0.2) is 152 Å². The standard InChI is InChI=1S/C53H69N11O15/c1-5-7-12-38(55-3)48(72)58-29-44(66)59-42(25-32-28-57-37-14-10-9-11-35(32)37)52(76)63(53(77)43(27-46(69)70)62-49(73)39(56-4)13-8-6-2)51(75)41(24-30-15-19-33(20-16-30)64(78)79)61-50(74)40(23-31-17-21-34(65)22-18-31)60-47(71)36(54)26-45(67)68/h9-11,14-22,28,36,38-43,55-57,65H,5-8,12-13,23-27,29,54H2,1-4H3,(H,58,72)(H,59,66)(H,60,71)(H,61,74)(H,62,73)(H,67,68)(H,69,70)/t36-,38-,39-,40-,41-,42-,43-/m0/s1. The minimum absolute atomic E-state index is 0.00113. The Bertz CT molecular complexity index is 2810. The number of aliphatic carboxylic acids is 2. The van der Waals surface area contributed by atoms with Crippen LogP contribution < -0.4 is 43.0 Å². The lowest BCUT2D eigenvalue weighted by Gasteiger charge is -2.32. The Morgan fingerprint density at radius 1 is 0.620 bits per heavy atom. The fraction of sp³-hybridized carbons (Fsp3) is 0.434. The molecule has 0 saturated heterocycles. The quantitative estimate of drug-likeness (QED) is 0.0235. The minimum Gasteiger partial charge on any atom is -0.508 e. The van der Waals surface area contributed by atoms with Gasteiger partial charge in [-0.25, -0.2) is 4.90 Å². The molecule has 26 heteroatoms. The normalized spacial score (nSPS) is 13.7. The van der Waals surface area contributed by atoms with E-state index in [1.807, 2.05) is 13.8 Å². The number of nitrogens with zero attached hydrogens (tertiary/aromatic N) is 2. The number of nitro benzene ring substituents is 1. The number of aromatic hydroxyl groups is 1. The van der Waals surface area contributed by atoms with Gasteiger partial charge in [-0.2, -0.15) is 0 Å². The Kier molecular flexibility index (Phi) is 24.6. The van der Waals surface area contributed by atoms with E-state index in [1.54, 1.807) is 31.3 Å². The number of hydrogen-bond donors (Lipinski definition) is 12. The Morgan fingerprint density at radius 3 is 1.67 bits per heavy atom. The number of para-hydroxylation sites is 1. The molecule has 0 aliphatic rings. The number of amides is 8. The van der Waals surface area contributed by atoms with Gasteiger partial charge in [-0.05, 0) is 61.8 Å². The van der Waals surface area contributed by atoms with Gasteiger partial charge in [-0.3, -0.25) is 58.1 Å². The third-order valence-corrected chi connectivity index (χ3v) is 12.8. The van der Waals surface area contributed by atoms with Crippen LogP contribution in [0.1, 0.15) is 81.9 Å². The molecular weight excluding hydrogens is 1030 g/mol. The number of aromatic amines is 1. The summed E-state index contributed by atoms with van der Waals surface area (Å²) in [7, 11) is 3.00. The Balaban J connectivity index is 1.95. The number of nitro groups is 1. The molecule has 8 amide bonds. The third-order valence-electron chi connectivity index (χ3n) is 12.8. The van der Waals surface area contributed by atoms with Crippen molar-refractivity contribution in [2.45, 2.75) is 127 Å². The summed E-state index contributed by atoms with van der Waals surface area (Å²) in [6.45, 7) is 3.07. The second-order valence-corrected chi connectivity index (χ2v) is 18.7. The number of hydrogen-bond acceptors (Lipinski definition) is 16. The number of benzene rings is 3. The van der Waals surface area contributed by atoms with Crippen LogP contribution in [0.2, 0.25) is 0 Å². The lowest BCUT2D eigenvalue weighted by atomic mass is 9.99. The average Bonchev–Trinajstić information content (AvgIpc) is 3.95. The fourth-order valence-electron chi connectivity index (χ4n) is 8.42. The SMILES string of the molecule is CCCC[C@H](NC)C(=O)NCC(=O)N[C@@H](Cc1c[nH]c2ccccc12)C(=O)N(C(=O)[C@H](CC(=O)O)NC(=O)[C@H](CCCC)NC)C(=O)[C@H](Cc1ccc([N+](=O)[O-])cc1)NC(=O)[C@H](Cc1ccc(O)cc1)NC(=O)[C@@H](N)CC(=O)O. The van der Waals surface area contributed by atoms with Gasteiger partial charge in [0.05, 0.1) is 42.4 Å². The van der Waals surface area contributed by atoms with Gasteiger partial charge >= 0.3 is 11.9 Å². The van der Waals surface area contributed by atoms with Gasteiger partial charge in [0, 0.05) is 48.5 Å². The number of unbranched alkanes of at least 4 members (excludes halogenated alkanes) is 2. The molecule has 3 aromatic carbocycles. The molecule has 1 heterocycles. The summed E-state index contributed by atoms with van der Waals surface area (Å²) in [4.78, 5) is 154. The average molecular weight is 1100 g/mol. The molecule has 0 fully saturated rings. The lowest BCUT2D eigenvalue weighted by Crippen LogP contribution is -2.64. The van der Waals surface area contributed by atoms with Crippen LogP contribution in [0.4, 0.5) is 5.69 Å². The summed E-state index contributed by atoms with van der Waals surface area (Å²) >= 11 is 0. The van der Waals surface area contributed by atoms with Crippen LogP contribution in [-0.2, 0) is 67.2 Å². The van der Waals surface area contributed by atoms with Crippen LogP contribution in [0.15, 0.2) is 79.0 Å². The molecule has 4 aromatic rings. The molecule has 0 spiro atoms. The monoisotopic (exact) mass is 1100 g/mol. The highest BCUT2D eigenvalue weighted by molar-refractivity contribution is 6.17.